The lowest BCUT2D eigenvalue weighted by Crippen LogP contribution is -2.41. The first-order chi connectivity index (χ1) is 21.9. The maximum absolute atomic E-state index is 14.5. The molecule has 0 unspecified atom stereocenters. The first kappa shape index (κ1) is 29.1. The van der Waals surface area contributed by atoms with Crippen LogP contribution in [0.3, 0.4) is 0 Å². The Bertz CT molecular complexity index is 2080. The Hall–Kier alpha value is -4.67. The number of para-hydroxylation sites is 1. The van der Waals surface area contributed by atoms with Crippen molar-refractivity contribution >= 4 is 46.1 Å². The fourth-order valence-electron chi connectivity index (χ4n) is 6.00. The average molecular weight is 642 g/mol. The van der Waals surface area contributed by atoms with Crippen LogP contribution in [0.1, 0.15) is 49.4 Å². The Labute approximate surface area is 267 Å². The summed E-state index contributed by atoms with van der Waals surface area (Å²) in [4.78, 5) is 49.2. The fourth-order valence-corrected chi connectivity index (χ4v) is 7.23. The van der Waals surface area contributed by atoms with Crippen molar-refractivity contribution in [2.24, 2.45) is 4.99 Å². The zero-order valence-corrected chi connectivity index (χ0v) is 26.1. The smallest absolute Gasteiger partial charge is 0.338 e. The van der Waals surface area contributed by atoms with Crippen LogP contribution in [-0.4, -0.2) is 29.8 Å². The van der Waals surface area contributed by atoms with E-state index in [0.717, 1.165) is 23.3 Å². The molecular formula is C34H28ClN3O6S. The Morgan fingerprint density at radius 2 is 1.82 bits per heavy atom. The minimum Gasteiger partial charge on any atom is -0.463 e. The molecule has 9 nitrogen and oxygen atoms in total. The summed E-state index contributed by atoms with van der Waals surface area (Å²) < 4.78 is 18.4. The van der Waals surface area contributed by atoms with Gasteiger partial charge in [-0.3, -0.25) is 14.2 Å². The van der Waals surface area contributed by atoms with E-state index >= 15 is 0 Å². The molecule has 0 saturated heterocycles. The van der Waals surface area contributed by atoms with Crippen molar-refractivity contribution in [3.63, 3.8) is 0 Å². The molecule has 45 heavy (non-hydrogen) atoms. The highest BCUT2D eigenvalue weighted by molar-refractivity contribution is 7.07. The number of benzene rings is 3. The third-order valence-corrected chi connectivity index (χ3v) is 9.29. The second kappa shape index (κ2) is 11.7. The van der Waals surface area contributed by atoms with Crippen molar-refractivity contribution < 1.29 is 23.8 Å². The van der Waals surface area contributed by atoms with Gasteiger partial charge in [-0.05, 0) is 54.8 Å². The quantitative estimate of drug-likeness (QED) is 0.267. The molecule has 4 heterocycles. The molecule has 0 radical (unpaired) electrons. The van der Waals surface area contributed by atoms with Gasteiger partial charge < -0.3 is 19.1 Å². The second-order valence-electron chi connectivity index (χ2n) is 10.8. The van der Waals surface area contributed by atoms with Crippen molar-refractivity contribution in [2.45, 2.75) is 39.3 Å². The van der Waals surface area contributed by atoms with E-state index in [1.807, 2.05) is 49.4 Å². The van der Waals surface area contributed by atoms with Gasteiger partial charge in [-0.15, -0.1) is 0 Å². The number of ether oxygens (including phenoxy) is 3. The standard InChI is InChI=1S/C34H28ClN3O6S/c1-3-7-23-28(33(41)42-4-2)29(20-12-15-25-26(16-20)44-18-43-25)38-32(40)30(45-34(38)36-23)27-22-8-5-6-9-24(22)37(31(27)39)17-19-10-13-21(35)14-11-19/h5-6,8-16,29H,3-4,7,17-18H2,1-2H3/b30-27+/t29-/m0/s1. The van der Waals surface area contributed by atoms with Gasteiger partial charge in [0.25, 0.3) is 11.5 Å². The Morgan fingerprint density at radius 3 is 2.60 bits per heavy atom. The molecule has 1 amide bonds. The molecule has 228 valence electrons. The predicted molar refractivity (Wildman–Crippen MR) is 170 cm³/mol. The topological polar surface area (TPSA) is 99.4 Å². The average Bonchev–Trinajstić information content (AvgIpc) is 3.71. The number of carbonyl (C=O) groups is 2. The lowest BCUT2D eigenvalue weighted by atomic mass is 9.94. The van der Waals surface area contributed by atoms with Crippen LogP contribution >= 0.6 is 22.9 Å². The van der Waals surface area contributed by atoms with Crippen LogP contribution in [0, 0.1) is 0 Å². The Balaban J connectivity index is 1.45. The van der Waals surface area contributed by atoms with Crippen LogP contribution in [0.5, 0.6) is 11.5 Å². The molecule has 3 aliphatic rings. The molecule has 0 aliphatic carbocycles. The molecule has 1 atom stereocenters. The largest absolute Gasteiger partial charge is 0.463 e. The van der Waals surface area contributed by atoms with Crippen LogP contribution in [0.2, 0.25) is 5.02 Å². The molecule has 3 aliphatic heterocycles. The summed E-state index contributed by atoms with van der Waals surface area (Å²) in [7, 11) is 0. The number of aromatic nitrogens is 1. The van der Waals surface area contributed by atoms with E-state index in [4.69, 9.17) is 30.8 Å². The van der Waals surface area contributed by atoms with E-state index in [1.165, 1.54) is 4.57 Å². The van der Waals surface area contributed by atoms with E-state index in [1.54, 1.807) is 36.1 Å². The van der Waals surface area contributed by atoms with Gasteiger partial charge >= 0.3 is 5.97 Å². The lowest BCUT2D eigenvalue weighted by Gasteiger charge is -2.25. The van der Waals surface area contributed by atoms with Gasteiger partial charge in [0.2, 0.25) is 6.79 Å². The van der Waals surface area contributed by atoms with Crippen LogP contribution in [-0.2, 0) is 20.9 Å². The Kier molecular flexibility index (Phi) is 7.55. The summed E-state index contributed by atoms with van der Waals surface area (Å²) in [5.74, 6) is 0.279. The van der Waals surface area contributed by atoms with Crippen LogP contribution in [0.25, 0.3) is 5.57 Å². The summed E-state index contributed by atoms with van der Waals surface area (Å²) in [6.45, 7) is 4.30. The van der Waals surface area contributed by atoms with E-state index < -0.39 is 17.6 Å². The molecule has 0 saturated carbocycles. The number of thiazole rings is 1. The molecule has 1 aromatic heterocycles. The molecule has 3 aromatic carbocycles. The summed E-state index contributed by atoms with van der Waals surface area (Å²) in [6, 6.07) is 19.3. The van der Waals surface area contributed by atoms with Gasteiger partial charge in [0.05, 0.1) is 41.7 Å². The maximum atomic E-state index is 14.5. The normalized spacial score (nSPS) is 17.7. The van der Waals surface area contributed by atoms with Gasteiger partial charge in [0.15, 0.2) is 16.3 Å². The van der Waals surface area contributed by atoms with E-state index in [2.05, 4.69) is 0 Å². The third-order valence-electron chi connectivity index (χ3n) is 7.98. The number of allylic oxidation sites excluding steroid dienone is 1. The number of nitrogens with zero attached hydrogens (tertiary/aromatic N) is 3. The van der Waals surface area contributed by atoms with Crippen molar-refractivity contribution in [1.29, 1.82) is 0 Å². The number of hydrogen-bond donors (Lipinski definition) is 0. The maximum Gasteiger partial charge on any atom is 0.338 e. The summed E-state index contributed by atoms with van der Waals surface area (Å²) >= 11 is 7.25. The summed E-state index contributed by atoms with van der Waals surface area (Å²) in [6.07, 6.45) is 1.23. The van der Waals surface area contributed by atoms with E-state index in [0.29, 0.717) is 67.9 Å². The third kappa shape index (κ3) is 4.94. The van der Waals surface area contributed by atoms with Crippen molar-refractivity contribution in [3.05, 3.63) is 119 Å². The molecule has 7 rings (SSSR count). The number of halogens is 1. The number of anilines is 1. The molecular weight excluding hydrogens is 614 g/mol. The number of fused-ring (bicyclic) bond motifs is 3. The zero-order valence-electron chi connectivity index (χ0n) is 24.5. The minimum atomic E-state index is -0.845. The number of amides is 1. The van der Waals surface area contributed by atoms with Crippen LogP contribution in [0.4, 0.5) is 5.69 Å². The van der Waals surface area contributed by atoms with Crippen molar-refractivity contribution in [2.75, 3.05) is 18.3 Å². The van der Waals surface area contributed by atoms with Gasteiger partial charge in [0.1, 0.15) is 4.53 Å². The first-order valence-corrected chi connectivity index (χ1v) is 15.9. The Morgan fingerprint density at radius 1 is 1.04 bits per heavy atom. The predicted octanol–water partition coefficient (Wildman–Crippen LogP) is 4.88. The van der Waals surface area contributed by atoms with Gasteiger partial charge in [-0.1, -0.05) is 72.7 Å². The van der Waals surface area contributed by atoms with Gasteiger partial charge in [-0.2, -0.15) is 0 Å². The molecule has 0 bridgehead atoms. The van der Waals surface area contributed by atoms with Crippen molar-refractivity contribution in [3.8, 4) is 11.5 Å². The van der Waals surface area contributed by atoms with Crippen LogP contribution < -0.4 is 29.3 Å². The molecule has 0 N–H and O–H groups in total. The monoisotopic (exact) mass is 641 g/mol. The highest BCUT2D eigenvalue weighted by atomic mass is 35.5. The van der Waals surface area contributed by atoms with E-state index in [-0.39, 0.29) is 23.8 Å². The molecule has 0 fully saturated rings. The minimum absolute atomic E-state index is 0.0839. The SMILES string of the molecule is CCCC1=C(C(=O)OCC)[C@H](c2ccc3c(c2)OCO3)n2c(s/c(=C3/C(=O)N(Cc4ccc(Cl)cc4)c4ccccc43)c2=O)=N1. The highest BCUT2D eigenvalue weighted by Crippen LogP contribution is 2.40. The van der Waals surface area contributed by atoms with Gasteiger partial charge in [0, 0.05) is 10.6 Å². The van der Waals surface area contributed by atoms with Crippen molar-refractivity contribution in [1.82, 2.24) is 4.57 Å². The number of rotatable bonds is 7. The fraction of sp³-hybridized carbons (Fsp3) is 0.235. The lowest BCUT2D eigenvalue weighted by molar-refractivity contribution is -0.139. The van der Waals surface area contributed by atoms with Gasteiger partial charge in [-0.25, -0.2) is 9.79 Å². The molecule has 0 spiro atoms. The summed E-state index contributed by atoms with van der Waals surface area (Å²) in [5.41, 5.74) is 3.67. The second-order valence-corrected chi connectivity index (χ2v) is 12.2. The first-order valence-electron chi connectivity index (χ1n) is 14.7. The highest BCUT2D eigenvalue weighted by Gasteiger charge is 2.38. The number of esters is 1. The van der Waals surface area contributed by atoms with Crippen LogP contribution in [0.15, 0.2) is 87.8 Å². The molecule has 11 heteroatoms. The summed E-state index contributed by atoms with van der Waals surface area (Å²) in [5, 5.41) is 0.607. The zero-order chi connectivity index (χ0) is 31.2. The van der Waals surface area contributed by atoms with E-state index in [9.17, 15) is 14.4 Å². The number of hydrogen-bond acceptors (Lipinski definition) is 8. The number of carbonyl (C=O) groups excluding carboxylic acids is 2. The molecule has 4 aromatic rings.